The van der Waals surface area contributed by atoms with Gasteiger partial charge in [-0.3, -0.25) is 0 Å². The summed E-state index contributed by atoms with van der Waals surface area (Å²) in [4.78, 5) is 12.2. The van der Waals surface area contributed by atoms with Gasteiger partial charge in [-0.25, -0.2) is 4.79 Å². The smallest absolute Gasteiger partial charge is 0.349 e. The Morgan fingerprint density at radius 2 is 2.11 bits per heavy atom. The van der Waals surface area contributed by atoms with Gasteiger partial charge in [-0.1, -0.05) is 13.8 Å². The molecule has 0 spiro atoms. The van der Waals surface area contributed by atoms with Crippen LogP contribution in [0.25, 0.3) is 0 Å². The van der Waals surface area contributed by atoms with Gasteiger partial charge in [0.2, 0.25) is 0 Å². The fraction of sp³-hybridized carbons (Fsp3) is 0.583. The highest BCUT2D eigenvalue weighted by Gasteiger charge is 2.19. The first-order valence-corrected chi connectivity index (χ1v) is 6.44. The van der Waals surface area contributed by atoms with Crippen LogP contribution in [0, 0.1) is 0 Å². The molecule has 0 aliphatic rings. The van der Waals surface area contributed by atoms with Crippen LogP contribution in [0.3, 0.4) is 0 Å². The molecular formula is C12H18O5S. The molecule has 0 aromatic carbocycles. The number of aliphatic hydroxyl groups excluding tert-OH is 1. The van der Waals surface area contributed by atoms with Crippen molar-refractivity contribution in [3.05, 3.63) is 15.8 Å². The van der Waals surface area contributed by atoms with Gasteiger partial charge in [0.25, 0.3) is 0 Å². The number of carboxylic acids is 1. The number of carboxylic acid groups (broad SMARTS) is 1. The molecule has 0 aliphatic heterocycles. The highest BCUT2D eigenvalue weighted by atomic mass is 32.1. The van der Waals surface area contributed by atoms with E-state index in [4.69, 9.17) is 14.6 Å². The standard InChI is InChI=1S/C12H18O5S/c1-7(2)10-4-9(11(18-10)12(14)15)17-6-8(13)5-16-3/h4,7-8,13H,5-6H2,1-3H3,(H,14,15). The molecule has 0 saturated carbocycles. The monoisotopic (exact) mass is 274 g/mol. The van der Waals surface area contributed by atoms with E-state index in [1.807, 2.05) is 13.8 Å². The predicted octanol–water partition coefficient (Wildman–Crippen LogP) is 1.96. The van der Waals surface area contributed by atoms with Gasteiger partial charge in [-0.2, -0.15) is 0 Å². The molecule has 0 bridgehead atoms. The van der Waals surface area contributed by atoms with Crippen LogP contribution in [-0.4, -0.2) is 42.6 Å². The van der Waals surface area contributed by atoms with Crippen LogP contribution in [0.2, 0.25) is 0 Å². The van der Waals surface area contributed by atoms with E-state index in [0.717, 1.165) is 4.88 Å². The maximum Gasteiger partial charge on any atom is 0.349 e. The number of carbonyl (C=O) groups is 1. The maximum atomic E-state index is 11.1. The van der Waals surface area contributed by atoms with Crippen LogP contribution in [0.1, 0.15) is 34.3 Å². The lowest BCUT2D eigenvalue weighted by Gasteiger charge is -2.10. The molecule has 1 rings (SSSR count). The number of aromatic carboxylic acids is 1. The van der Waals surface area contributed by atoms with Crippen molar-refractivity contribution in [1.82, 2.24) is 0 Å². The Bertz CT molecular complexity index is 399. The van der Waals surface area contributed by atoms with Crippen molar-refractivity contribution >= 4 is 17.3 Å². The number of hydrogen-bond donors (Lipinski definition) is 2. The summed E-state index contributed by atoms with van der Waals surface area (Å²) in [6.45, 7) is 4.15. The van der Waals surface area contributed by atoms with E-state index in [-0.39, 0.29) is 24.0 Å². The Morgan fingerprint density at radius 1 is 1.44 bits per heavy atom. The molecular weight excluding hydrogens is 256 g/mol. The van der Waals surface area contributed by atoms with Crippen LogP contribution in [-0.2, 0) is 4.74 Å². The van der Waals surface area contributed by atoms with E-state index in [0.29, 0.717) is 5.75 Å². The van der Waals surface area contributed by atoms with Gasteiger partial charge >= 0.3 is 5.97 Å². The molecule has 5 nitrogen and oxygen atoms in total. The zero-order valence-electron chi connectivity index (χ0n) is 10.7. The quantitative estimate of drug-likeness (QED) is 0.795. The third-order valence-corrected chi connectivity index (χ3v) is 3.68. The first-order valence-electron chi connectivity index (χ1n) is 5.62. The fourth-order valence-electron chi connectivity index (χ4n) is 1.36. The van der Waals surface area contributed by atoms with Crippen LogP contribution in [0.5, 0.6) is 5.75 Å². The van der Waals surface area contributed by atoms with Crippen molar-refractivity contribution in [2.45, 2.75) is 25.9 Å². The zero-order chi connectivity index (χ0) is 13.7. The van der Waals surface area contributed by atoms with E-state index >= 15 is 0 Å². The lowest BCUT2D eigenvalue weighted by molar-refractivity contribution is 0.0321. The van der Waals surface area contributed by atoms with Crippen molar-refractivity contribution in [3.63, 3.8) is 0 Å². The first kappa shape index (κ1) is 14.9. The van der Waals surface area contributed by atoms with Crippen LogP contribution < -0.4 is 4.74 Å². The summed E-state index contributed by atoms with van der Waals surface area (Å²) in [5.41, 5.74) is 0. The van der Waals surface area contributed by atoms with Gasteiger partial charge in [-0.05, 0) is 12.0 Å². The van der Waals surface area contributed by atoms with Crippen molar-refractivity contribution in [2.24, 2.45) is 0 Å². The minimum Gasteiger partial charge on any atom is -0.489 e. The summed E-state index contributed by atoms with van der Waals surface area (Å²) >= 11 is 1.20. The highest BCUT2D eigenvalue weighted by Crippen LogP contribution is 2.33. The number of hydrogen-bond acceptors (Lipinski definition) is 5. The largest absolute Gasteiger partial charge is 0.489 e. The van der Waals surface area contributed by atoms with Crippen molar-refractivity contribution in [2.75, 3.05) is 20.3 Å². The maximum absolute atomic E-state index is 11.1. The summed E-state index contributed by atoms with van der Waals surface area (Å²) in [6, 6.07) is 1.72. The number of thiophene rings is 1. The molecule has 1 aromatic rings. The third-order valence-electron chi connectivity index (χ3n) is 2.27. The molecule has 1 atom stereocenters. The second-order valence-corrected chi connectivity index (χ2v) is 5.31. The van der Waals surface area contributed by atoms with Crippen LogP contribution >= 0.6 is 11.3 Å². The lowest BCUT2D eigenvalue weighted by Crippen LogP contribution is -2.22. The molecule has 1 unspecified atom stereocenters. The Balaban J connectivity index is 2.77. The molecule has 6 heteroatoms. The molecule has 18 heavy (non-hydrogen) atoms. The summed E-state index contributed by atoms with van der Waals surface area (Å²) in [5.74, 6) is -0.455. The third kappa shape index (κ3) is 3.97. The Morgan fingerprint density at radius 3 is 2.61 bits per heavy atom. The van der Waals surface area contributed by atoms with Gasteiger partial charge in [0.05, 0.1) is 6.61 Å². The van der Waals surface area contributed by atoms with Gasteiger partial charge in [0.1, 0.15) is 18.5 Å². The first-order chi connectivity index (χ1) is 8.45. The van der Waals surface area contributed by atoms with E-state index in [1.54, 1.807) is 6.07 Å². The number of rotatable bonds is 7. The van der Waals surface area contributed by atoms with E-state index in [1.165, 1.54) is 18.4 Å². The van der Waals surface area contributed by atoms with Crippen molar-refractivity contribution in [1.29, 1.82) is 0 Å². The SMILES string of the molecule is COCC(O)COc1cc(C(C)C)sc1C(=O)O. The van der Waals surface area contributed by atoms with Crippen LogP contribution in [0.4, 0.5) is 0 Å². The van der Waals surface area contributed by atoms with Gasteiger partial charge in [0.15, 0.2) is 4.88 Å². The molecule has 0 fully saturated rings. The molecule has 1 heterocycles. The summed E-state index contributed by atoms with van der Waals surface area (Å²) in [7, 11) is 1.48. The van der Waals surface area contributed by atoms with Gasteiger partial charge in [-0.15, -0.1) is 11.3 Å². The molecule has 0 aliphatic carbocycles. The normalized spacial score (nSPS) is 12.7. The Labute approximate surface area is 110 Å². The second-order valence-electron chi connectivity index (χ2n) is 4.22. The Kier molecular flexibility index (Phi) is 5.58. The highest BCUT2D eigenvalue weighted by molar-refractivity contribution is 7.14. The zero-order valence-corrected chi connectivity index (χ0v) is 11.5. The summed E-state index contributed by atoms with van der Waals surface area (Å²) in [5, 5.41) is 18.5. The molecule has 0 saturated heterocycles. The van der Waals surface area contributed by atoms with Gasteiger partial charge < -0.3 is 19.7 Å². The summed E-state index contributed by atoms with van der Waals surface area (Å²) in [6.07, 6.45) is -0.765. The second kappa shape index (κ2) is 6.72. The average Bonchev–Trinajstić information content (AvgIpc) is 2.71. The van der Waals surface area contributed by atoms with E-state index in [9.17, 15) is 9.90 Å². The van der Waals surface area contributed by atoms with E-state index in [2.05, 4.69) is 0 Å². The van der Waals surface area contributed by atoms with Crippen molar-refractivity contribution in [3.8, 4) is 5.75 Å². The summed E-state index contributed by atoms with van der Waals surface area (Å²) < 4.78 is 10.1. The molecule has 0 amide bonds. The topological polar surface area (TPSA) is 76.0 Å². The number of ether oxygens (including phenoxy) is 2. The number of aliphatic hydroxyl groups is 1. The molecule has 1 aromatic heterocycles. The Hall–Kier alpha value is -1.11. The predicted molar refractivity (Wildman–Crippen MR) is 68.7 cm³/mol. The fourth-order valence-corrected chi connectivity index (χ4v) is 2.30. The van der Waals surface area contributed by atoms with Gasteiger partial charge in [0, 0.05) is 12.0 Å². The van der Waals surface area contributed by atoms with E-state index < -0.39 is 12.1 Å². The van der Waals surface area contributed by atoms with Crippen LogP contribution in [0.15, 0.2) is 6.07 Å². The molecule has 0 radical (unpaired) electrons. The molecule has 2 N–H and O–H groups in total. The molecule has 102 valence electrons. The van der Waals surface area contributed by atoms with Crippen molar-refractivity contribution < 1.29 is 24.5 Å². The lowest BCUT2D eigenvalue weighted by atomic mass is 10.2. The number of methoxy groups -OCH3 is 1. The minimum absolute atomic E-state index is 0.0163. The minimum atomic E-state index is -1.01. The average molecular weight is 274 g/mol.